The van der Waals surface area contributed by atoms with Crippen molar-refractivity contribution in [3.05, 3.63) is 88.6 Å². The van der Waals surface area contributed by atoms with E-state index in [-0.39, 0.29) is 49.8 Å². The number of carbonyl (C=O) groups excluding carboxylic acids is 5. The maximum Gasteiger partial charge on any atom is 0.257 e. The lowest BCUT2D eigenvalue weighted by Gasteiger charge is -2.23. The molecular weight excluding hydrogens is 727 g/mol. The summed E-state index contributed by atoms with van der Waals surface area (Å²) < 4.78 is 6.15. The van der Waals surface area contributed by atoms with Crippen LogP contribution in [0.15, 0.2) is 60.7 Å². The minimum atomic E-state index is -1.08. The van der Waals surface area contributed by atoms with Crippen LogP contribution in [0.1, 0.15) is 71.3 Å². The molecule has 1 fully saturated rings. The standard InChI is InChI=1S/C42H49N9O6/c1-23-17-26-19-31(28-8-6-7-25(18-28)21-34(52)46-22-35(53)48-33(20-26)39(45)54)37(23)50-41(55)32(15-16-43)49-42(56)36-24(2)47-40(51-38(36)44)27-11-13-30(14-12-27)57-29-9-4-3-5-10-29/h6-8,11-14,17-19,29,32-33H,3-5,9-10,15-16,20-22,43H2,1-2H3,(H2,45,54)(H,46,52)(H,48,53)(H,49,56)(H,50,55)(H2,44,47,51)/t32-,33?/m0/s1. The first kappa shape index (κ1) is 40.3. The molecule has 15 nitrogen and oxygen atoms in total. The van der Waals surface area contributed by atoms with E-state index >= 15 is 0 Å². The van der Waals surface area contributed by atoms with E-state index in [0.717, 1.165) is 18.6 Å². The van der Waals surface area contributed by atoms with Crippen molar-refractivity contribution in [1.29, 1.82) is 0 Å². The molecule has 10 N–H and O–H groups in total. The number of anilines is 2. The molecule has 1 aromatic heterocycles. The highest BCUT2D eigenvalue weighted by Gasteiger charge is 2.27. The number of benzene rings is 3. The molecule has 0 radical (unpaired) electrons. The lowest BCUT2D eigenvalue weighted by molar-refractivity contribution is -0.128. The van der Waals surface area contributed by atoms with Crippen LogP contribution in [0.5, 0.6) is 5.75 Å². The summed E-state index contributed by atoms with van der Waals surface area (Å²) in [4.78, 5) is 74.4. The second-order valence-electron chi connectivity index (χ2n) is 14.6. The molecule has 1 aliphatic heterocycles. The lowest BCUT2D eigenvalue weighted by atomic mass is 9.93. The Labute approximate surface area is 330 Å². The average Bonchev–Trinajstić information content (AvgIpc) is 3.17. The number of amides is 5. The maximum absolute atomic E-state index is 14.0. The molecule has 0 spiro atoms. The molecule has 2 aliphatic rings. The van der Waals surface area contributed by atoms with Crippen molar-refractivity contribution < 1.29 is 28.7 Å². The molecule has 0 saturated heterocycles. The van der Waals surface area contributed by atoms with Gasteiger partial charge in [-0.05, 0) is 105 Å². The van der Waals surface area contributed by atoms with E-state index in [1.54, 1.807) is 38.1 Å². The summed E-state index contributed by atoms with van der Waals surface area (Å²) in [5, 5.41) is 10.9. The first-order valence-electron chi connectivity index (χ1n) is 19.2. The maximum atomic E-state index is 14.0. The smallest absolute Gasteiger partial charge is 0.257 e. The third-order valence-corrected chi connectivity index (χ3v) is 10.2. The van der Waals surface area contributed by atoms with Gasteiger partial charge >= 0.3 is 0 Å². The average molecular weight is 776 g/mol. The third kappa shape index (κ3) is 10.1. The Morgan fingerprint density at radius 2 is 1.68 bits per heavy atom. The molecule has 1 aliphatic carbocycles. The number of aromatic nitrogens is 2. The minimum Gasteiger partial charge on any atom is -0.490 e. The highest BCUT2D eigenvalue weighted by atomic mass is 16.5. The number of nitrogen functional groups attached to an aromatic ring is 1. The van der Waals surface area contributed by atoms with Crippen LogP contribution in [0.3, 0.4) is 0 Å². The predicted octanol–water partition coefficient (Wildman–Crippen LogP) is 2.99. The lowest BCUT2D eigenvalue weighted by Crippen LogP contribution is -2.49. The van der Waals surface area contributed by atoms with Gasteiger partial charge in [-0.2, -0.15) is 0 Å². The minimum absolute atomic E-state index is 0.0137. The van der Waals surface area contributed by atoms with Crippen LogP contribution in [0.2, 0.25) is 0 Å². The van der Waals surface area contributed by atoms with Crippen LogP contribution in [0.4, 0.5) is 11.5 Å². The number of nitrogens with two attached hydrogens (primary N) is 3. The van der Waals surface area contributed by atoms with Gasteiger partial charge in [0.25, 0.3) is 5.91 Å². The molecule has 1 unspecified atom stereocenters. The van der Waals surface area contributed by atoms with E-state index in [2.05, 4.69) is 31.2 Å². The number of rotatable bonds is 10. The van der Waals surface area contributed by atoms with E-state index in [1.807, 2.05) is 36.4 Å². The van der Waals surface area contributed by atoms with Gasteiger partial charge in [0.2, 0.25) is 23.6 Å². The quantitative estimate of drug-likeness (QED) is 0.124. The molecule has 298 valence electrons. The second kappa shape index (κ2) is 18.1. The van der Waals surface area contributed by atoms with E-state index in [4.69, 9.17) is 21.9 Å². The van der Waals surface area contributed by atoms with Crippen LogP contribution in [0, 0.1) is 13.8 Å². The summed E-state index contributed by atoms with van der Waals surface area (Å²) in [5.74, 6) is -1.80. The van der Waals surface area contributed by atoms with Gasteiger partial charge in [0.1, 0.15) is 29.2 Å². The first-order chi connectivity index (χ1) is 27.4. The molecule has 6 rings (SSSR count). The number of hydrogen-bond donors (Lipinski definition) is 7. The Balaban J connectivity index is 1.24. The fraction of sp³-hybridized carbons (Fsp3) is 0.357. The molecule has 4 bridgehead atoms. The molecule has 4 aromatic rings. The summed E-state index contributed by atoms with van der Waals surface area (Å²) in [6, 6.07) is 16.1. The molecular formula is C42H49N9O6. The number of hydrogen-bond acceptors (Lipinski definition) is 10. The monoisotopic (exact) mass is 775 g/mol. The van der Waals surface area contributed by atoms with Gasteiger partial charge in [-0.1, -0.05) is 36.8 Å². The molecule has 2 atom stereocenters. The van der Waals surface area contributed by atoms with E-state index < -0.39 is 41.6 Å². The van der Waals surface area contributed by atoms with Gasteiger partial charge in [0, 0.05) is 17.5 Å². The normalized spacial score (nSPS) is 16.6. The summed E-state index contributed by atoms with van der Waals surface area (Å²) >= 11 is 0. The molecule has 15 heteroatoms. The topological polar surface area (TPSA) is 247 Å². The van der Waals surface area contributed by atoms with Crippen molar-refractivity contribution in [2.45, 2.75) is 83.4 Å². The van der Waals surface area contributed by atoms with Crippen molar-refractivity contribution in [3.8, 4) is 28.3 Å². The zero-order valence-corrected chi connectivity index (χ0v) is 32.2. The van der Waals surface area contributed by atoms with Crippen LogP contribution >= 0.6 is 0 Å². The van der Waals surface area contributed by atoms with Crippen molar-refractivity contribution in [2.75, 3.05) is 24.1 Å². The zero-order valence-electron chi connectivity index (χ0n) is 32.2. The van der Waals surface area contributed by atoms with Gasteiger partial charge in [-0.15, -0.1) is 0 Å². The number of nitrogens with zero attached hydrogens (tertiary/aromatic N) is 2. The fourth-order valence-electron chi connectivity index (χ4n) is 7.29. The number of fused-ring (bicyclic) bond motifs is 5. The highest BCUT2D eigenvalue weighted by Crippen LogP contribution is 2.34. The summed E-state index contributed by atoms with van der Waals surface area (Å²) in [7, 11) is 0. The first-order valence-corrected chi connectivity index (χ1v) is 19.2. The van der Waals surface area contributed by atoms with E-state index in [0.29, 0.717) is 50.6 Å². The van der Waals surface area contributed by atoms with Crippen molar-refractivity contribution in [1.82, 2.24) is 25.9 Å². The van der Waals surface area contributed by atoms with Gasteiger partial charge < -0.3 is 43.2 Å². The Kier molecular flexibility index (Phi) is 12.8. The molecule has 57 heavy (non-hydrogen) atoms. The number of aryl methyl sites for hydroxylation is 2. The Hall–Kier alpha value is -6.35. The van der Waals surface area contributed by atoms with Gasteiger partial charge in [0.05, 0.1) is 30.5 Å². The molecule has 3 aromatic carbocycles. The number of ether oxygens (including phenoxy) is 1. The van der Waals surface area contributed by atoms with Crippen LogP contribution < -0.4 is 43.2 Å². The second-order valence-corrected chi connectivity index (χ2v) is 14.6. The predicted molar refractivity (Wildman–Crippen MR) is 216 cm³/mol. The summed E-state index contributed by atoms with van der Waals surface area (Å²) in [6.07, 6.45) is 6.04. The molecule has 5 amide bonds. The van der Waals surface area contributed by atoms with Crippen LogP contribution in [0.25, 0.3) is 22.5 Å². The fourth-order valence-corrected chi connectivity index (χ4v) is 7.29. The van der Waals surface area contributed by atoms with Crippen molar-refractivity contribution >= 4 is 41.0 Å². The van der Waals surface area contributed by atoms with Gasteiger partial charge in [-0.3, -0.25) is 24.0 Å². The van der Waals surface area contributed by atoms with Crippen LogP contribution in [-0.2, 0) is 32.0 Å². The SMILES string of the molecule is Cc1cc2cc(c1NC(=O)[C@H](CCN)NC(=O)c1c(C)nc(-c3ccc(OC4CCCCC4)cc3)nc1N)-c1cccc(c1)CC(=O)NCC(=O)NC(C(N)=O)C2. The Morgan fingerprint density at radius 1 is 0.930 bits per heavy atom. The molecule has 1 saturated carbocycles. The third-order valence-electron chi connectivity index (χ3n) is 10.2. The van der Waals surface area contributed by atoms with E-state index in [1.165, 1.54) is 19.3 Å². The summed E-state index contributed by atoms with van der Waals surface area (Å²) in [6.45, 7) is 3.21. The highest BCUT2D eigenvalue weighted by molar-refractivity contribution is 6.05. The van der Waals surface area contributed by atoms with Crippen molar-refractivity contribution in [3.63, 3.8) is 0 Å². The van der Waals surface area contributed by atoms with Crippen molar-refractivity contribution in [2.24, 2.45) is 11.5 Å². The summed E-state index contributed by atoms with van der Waals surface area (Å²) in [5.41, 5.74) is 22.7. The Bertz CT molecular complexity index is 2140. The number of primary amides is 1. The van der Waals surface area contributed by atoms with Crippen LogP contribution in [-0.4, -0.2) is 70.8 Å². The van der Waals surface area contributed by atoms with Gasteiger partial charge in [-0.25, -0.2) is 9.97 Å². The van der Waals surface area contributed by atoms with Gasteiger partial charge in [0.15, 0.2) is 5.82 Å². The van der Waals surface area contributed by atoms with E-state index in [9.17, 15) is 24.0 Å². The molecule has 2 heterocycles. The largest absolute Gasteiger partial charge is 0.490 e. The number of nitrogens with one attached hydrogen (secondary N) is 4. The number of carbonyl (C=O) groups is 5. The Morgan fingerprint density at radius 3 is 2.39 bits per heavy atom. The zero-order chi connectivity index (χ0) is 40.6.